The van der Waals surface area contributed by atoms with E-state index in [0.29, 0.717) is 30.0 Å². The van der Waals surface area contributed by atoms with Crippen LogP contribution in [-0.4, -0.2) is 19.6 Å². The minimum absolute atomic E-state index is 0.263. The van der Waals surface area contributed by atoms with Crippen LogP contribution in [0.1, 0.15) is 25.7 Å². The second-order valence-corrected chi connectivity index (χ2v) is 12.4. The topological polar surface area (TPSA) is 34.1 Å². The largest absolute Gasteiger partial charge is 0.295 e. The molecule has 102 valence electrons. The molecule has 0 unspecified atom stereocenters. The molecule has 0 spiro atoms. The van der Waals surface area contributed by atoms with Gasteiger partial charge in [0.15, 0.2) is 11.6 Å². The number of carbonyl (C=O) groups excluding carboxylic acids is 2. The first-order valence-corrected chi connectivity index (χ1v) is 10.8. The van der Waals surface area contributed by atoms with Crippen LogP contribution in [-0.2, 0) is 9.59 Å². The van der Waals surface area contributed by atoms with Crippen LogP contribution in [0.5, 0.6) is 0 Å². The van der Waals surface area contributed by atoms with Gasteiger partial charge >= 0.3 is 0 Å². The summed E-state index contributed by atoms with van der Waals surface area (Å²) in [6.07, 6.45) is 7.36. The van der Waals surface area contributed by atoms with Crippen molar-refractivity contribution in [2.45, 2.75) is 45.3 Å². The highest BCUT2D eigenvalue weighted by Crippen LogP contribution is 2.49. The molecule has 3 atom stereocenters. The van der Waals surface area contributed by atoms with Gasteiger partial charge < -0.3 is 0 Å². The quantitative estimate of drug-likeness (QED) is 0.688. The van der Waals surface area contributed by atoms with Crippen molar-refractivity contribution in [1.29, 1.82) is 0 Å². The average Bonchev–Trinajstić information content (AvgIpc) is 2.60. The SMILES string of the molecule is C[Si](C)(C)C1=C2C[C@H]3CC(=O)C=C[C@@H]3C[C@@H]2CC1=O. The number of hydrogen-bond acceptors (Lipinski definition) is 2. The summed E-state index contributed by atoms with van der Waals surface area (Å²) in [5.74, 6) is 2.14. The van der Waals surface area contributed by atoms with Crippen LogP contribution in [0.25, 0.3) is 0 Å². The van der Waals surface area contributed by atoms with Crippen LogP contribution >= 0.6 is 0 Å². The minimum atomic E-state index is -1.54. The number of hydrogen-bond donors (Lipinski definition) is 0. The first-order chi connectivity index (χ1) is 8.86. The summed E-state index contributed by atoms with van der Waals surface area (Å²) in [6.45, 7) is 6.81. The second kappa shape index (κ2) is 4.27. The molecule has 3 heteroatoms. The molecule has 0 saturated heterocycles. The van der Waals surface area contributed by atoms with Gasteiger partial charge in [-0.1, -0.05) is 31.3 Å². The van der Waals surface area contributed by atoms with Crippen LogP contribution in [0.15, 0.2) is 22.9 Å². The smallest absolute Gasteiger partial charge is 0.155 e. The first kappa shape index (κ1) is 13.0. The molecule has 3 aliphatic rings. The highest BCUT2D eigenvalue weighted by molar-refractivity contribution is 6.87. The van der Waals surface area contributed by atoms with Gasteiger partial charge in [-0.05, 0) is 41.9 Å². The third-order valence-electron chi connectivity index (χ3n) is 4.91. The zero-order valence-corrected chi connectivity index (χ0v) is 13.0. The lowest BCUT2D eigenvalue weighted by Crippen LogP contribution is -2.31. The molecular formula is C16H22O2Si. The van der Waals surface area contributed by atoms with E-state index in [2.05, 4.69) is 25.7 Å². The molecule has 3 rings (SSSR count). The van der Waals surface area contributed by atoms with Gasteiger partial charge in [-0.2, -0.15) is 0 Å². The van der Waals surface area contributed by atoms with Gasteiger partial charge in [0.2, 0.25) is 0 Å². The Morgan fingerprint density at radius 2 is 1.84 bits per heavy atom. The molecule has 0 heterocycles. The molecule has 0 amide bonds. The lowest BCUT2D eigenvalue weighted by molar-refractivity contribution is -0.117. The molecule has 0 aliphatic heterocycles. The maximum atomic E-state index is 12.3. The first-order valence-electron chi connectivity index (χ1n) is 7.34. The number of fused-ring (bicyclic) bond motifs is 2. The Morgan fingerprint density at radius 1 is 1.11 bits per heavy atom. The van der Waals surface area contributed by atoms with Crippen molar-refractivity contribution in [3.8, 4) is 0 Å². The molecule has 0 radical (unpaired) electrons. The third kappa shape index (κ3) is 2.18. The van der Waals surface area contributed by atoms with Crippen LogP contribution < -0.4 is 0 Å². The van der Waals surface area contributed by atoms with Crippen molar-refractivity contribution in [3.05, 3.63) is 22.9 Å². The number of ketones is 2. The van der Waals surface area contributed by atoms with E-state index in [0.717, 1.165) is 19.3 Å². The Bertz CT molecular complexity index is 507. The number of allylic oxidation sites excluding steroid dienone is 4. The van der Waals surface area contributed by atoms with Gasteiger partial charge in [-0.3, -0.25) is 9.59 Å². The van der Waals surface area contributed by atoms with Crippen LogP contribution in [0.4, 0.5) is 0 Å². The minimum Gasteiger partial charge on any atom is -0.295 e. The Kier molecular flexibility index (Phi) is 2.93. The molecule has 0 aromatic rings. The van der Waals surface area contributed by atoms with Gasteiger partial charge in [0.25, 0.3) is 0 Å². The zero-order valence-electron chi connectivity index (χ0n) is 12.0. The van der Waals surface area contributed by atoms with Crippen LogP contribution in [0.2, 0.25) is 19.6 Å². The summed E-state index contributed by atoms with van der Waals surface area (Å²) in [6, 6.07) is 0. The summed E-state index contributed by atoms with van der Waals surface area (Å²) in [7, 11) is -1.54. The Labute approximate surface area is 116 Å². The van der Waals surface area contributed by atoms with Gasteiger partial charge in [0.1, 0.15) is 0 Å². The molecular weight excluding hydrogens is 252 g/mol. The normalized spacial score (nSPS) is 34.6. The second-order valence-electron chi connectivity index (χ2n) is 7.37. The summed E-state index contributed by atoms with van der Waals surface area (Å²) < 4.78 is 0. The van der Waals surface area contributed by atoms with Crippen LogP contribution in [0, 0.1) is 17.8 Å². The van der Waals surface area contributed by atoms with E-state index in [1.165, 1.54) is 10.8 Å². The fraction of sp³-hybridized carbons (Fsp3) is 0.625. The van der Waals surface area contributed by atoms with Crippen molar-refractivity contribution in [2.24, 2.45) is 17.8 Å². The number of Topliss-reactive ketones (excluding diaryl/α,β-unsaturated/α-hetero) is 1. The van der Waals surface area contributed by atoms with Gasteiger partial charge in [-0.15, -0.1) is 0 Å². The van der Waals surface area contributed by atoms with Gasteiger partial charge in [0, 0.05) is 12.8 Å². The van der Waals surface area contributed by atoms with E-state index in [9.17, 15) is 9.59 Å². The lowest BCUT2D eigenvalue weighted by atomic mass is 9.68. The van der Waals surface area contributed by atoms with Crippen molar-refractivity contribution in [3.63, 3.8) is 0 Å². The fourth-order valence-electron chi connectivity index (χ4n) is 4.20. The van der Waals surface area contributed by atoms with Crippen molar-refractivity contribution in [2.75, 3.05) is 0 Å². The molecule has 3 aliphatic carbocycles. The van der Waals surface area contributed by atoms with E-state index in [1.807, 2.05) is 0 Å². The predicted octanol–water partition coefficient (Wildman–Crippen LogP) is 3.30. The molecule has 0 aromatic heterocycles. The van der Waals surface area contributed by atoms with Crippen molar-refractivity contribution >= 4 is 19.6 Å². The molecule has 0 aromatic carbocycles. The fourth-order valence-corrected chi connectivity index (χ4v) is 6.41. The van der Waals surface area contributed by atoms with E-state index in [-0.39, 0.29) is 5.78 Å². The summed E-state index contributed by atoms with van der Waals surface area (Å²) in [5, 5.41) is 1.21. The molecule has 19 heavy (non-hydrogen) atoms. The Morgan fingerprint density at radius 3 is 2.53 bits per heavy atom. The standard InChI is InChI=1S/C16H22O2Si/c1-19(2,3)16-14-8-11-7-13(17)5-4-10(11)6-12(14)9-15(16)18/h4-5,10-12H,6-9H2,1-3H3/t10-,11-,12-/m1/s1. The predicted molar refractivity (Wildman–Crippen MR) is 78.5 cm³/mol. The zero-order chi connectivity index (χ0) is 13.8. The average molecular weight is 274 g/mol. The summed E-state index contributed by atoms with van der Waals surface area (Å²) in [4.78, 5) is 23.9. The molecule has 1 fully saturated rings. The van der Waals surface area contributed by atoms with E-state index < -0.39 is 8.07 Å². The Hall–Kier alpha value is -0.963. The molecule has 0 bridgehead atoms. The molecule has 1 saturated carbocycles. The van der Waals surface area contributed by atoms with Gasteiger partial charge in [0.05, 0.1) is 8.07 Å². The summed E-state index contributed by atoms with van der Waals surface area (Å²) in [5.41, 5.74) is 1.44. The van der Waals surface area contributed by atoms with Gasteiger partial charge in [-0.25, -0.2) is 0 Å². The maximum Gasteiger partial charge on any atom is 0.155 e. The van der Waals surface area contributed by atoms with E-state index >= 15 is 0 Å². The highest BCUT2D eigenvalue weighted by Gasteiger charge is 2.44. The molecule has 0 N–H and O–H groups in total. The maximum absolute atomic E-state index is 12.3. The van der Waals surface area contributed by atoms with Crippen LogP contribution in [0.3, 0.4) is 0 Å². The van der Waals surface area contributed by atoms with Crippen molar-refractivity contribution < 1.29 is 9.59 Å². The highest BCUT2D eigenvalue weighted by atomic mass is 28.3. The Balaban J connectivity index is 1.96. The number of rotatable bonds is 1. The molecule has 2 nitrogen and oxygen atoms in total. The third-order valence-corrected chi connectivity index (χ3v) is 7.01. The number of carbonyl (C=O) groups is 2. The lowest BCUT2D eigenvalue weighted by Gasteiger charge is -2.37. The summed E-state index contributed by atoms with van der Waals surface area (Å²) >= 11 is 0. The van der Waals surface area contributed by atoms with E-state index in [1.54, 1.807) is 6.08 Å². The van der Waals surface area contributed by atoms with Crippen molar-refractivity contribution in [1.82, 2.24) is 0 Å². The van der Waals surface area contributed by atoms with E-state index in [4.69, 9.17) is 0 Å². The monoisotopic (exact) mass is 274 g/mol.